The van der Waals surface area contributed by atoms with Crippen LogP contribution in [0.1, 0.15) is 16.7 Å². The molecule has 4 rings (SSSR count). The largest absolute Gasteiger partial charge is 0.315 e. The molecule has 0 spiro atoms. The van der Waals surface area contributed by atoms with Crippen molar-refractivity contribution in [2.75, 3.05) is 9.80 Å². The molecule has 1 aliphatic heterocycles. The fourth-order valence-corrected chi connectivity index (χ4v) is 3.55. The van der Waals surface area contributed by atoms with Gasteiger partial charge in [0.1, 0.15) is 0 Å². The van der Waals surface area contributed by atoms with Gasteiger partial charge in [-0.1, -0.05) is 54.1 Å². The second-order valence-electron chi connectivity index (χ2n) is 6.38. The standard InChI is InChI=1S/C22H20N2/c1-16-13-17(2)22(18(3)14-16)24-12-11-23(15-24)21-10-6-8-19-7-4-5-9-20(19)21/h4-14H,1-3H3. The van der Waals surface area contributed by atoms with Crippen molar-refractivity contribution in [3.05, 3.63) is 90.4 Å². The fourth-order valence-electron chi connectivity index (χ4n) is 3.55. The van der Waals surface area contributed by atoms with Crippen LogP contribution >= 0.6 is 0 Å². The first kappa shape index (κ1) is 14.8. The molecule has 0 amide bonds. The molecule has 2 radical (unpaired) electrons. The summed E-state index contributed by atoms with van der Waals surface area (Å²) >= 11 is 0. The van der Waals surface area contributed by atoms with Crippen molar-refractivity contribution in [3.63, 3.8) is 0 Å². The SMILES string of the molecule is Cc1cc(C)c(N2[C]N(c3cccc4ccccc34)C=C2)c(C)c1. The molecule has 0 atom stereocenters. The maximum Gasteiger partial charge on any atom is 0.217 e. The van der Waals surface area contributed by atoms with E-state index in [1.807, 2.05) is 0 Å². The average molecular weight is 312 g/mol. The van der Waals surface area contributed by atoms with Crippen LogP contribution in [0.3, 0.4) is 0 Å². The third-order valence-corrected chi connectivity index (χ3v) is 4.48. The first-order chi connectivity index (χ1) is 11.6. The molecular formula is C22H20N2. The Kier molecular flexibility index (Phi) is 3.53. The molecule has 24 heavy (non-hydrogen) atoms. The van der Waals surface area contributed by atoms with Gasteiger partial charge in [0.2, 0.25) is 6.67 Å². The molecule has 0 fully saturated rings. The van der Waals surface area contributed by atoms with E-state index in [1.54, 1.807) is 0 Å². The van der Waals surface area contributed by atoms with Crippen molar-refractivity contribution in [1.29, 1.82) is 0 Å². The Bertz CT molecular complexity index is 911. The summed E-state index contributed by atoms with van der Waals surface area (Å²) in [5.41, 5.74) is 6.19. The highest BCUT2D eigenvalue weighted by molar-refractivity contribution is 5.95. The fraction of sp³-hybridized carbons (Fsp3) is 0.136. The molecule has 2 heteroatoms. The van der Waals surface area contributed by atoms with Gasteiger partial charge in [-0.15, -0.1) is 0 Å². The van der Waals surface area contributed by atoms with Gasteiger partial charge in [-0.05, 0) is 43.4 Å². The van der Waals surface area contributed by atoms with Gasteiger partial charge in [-0.2, -0.15) is 0 Å². The van der Waals surface area contributed by atoms with Crippen LogP contribution in [0, 0.1) is 27.4 Å². The summed E-state index contributed by atoms with van der Waals surface area (Å²) in [4.78, 5) is 4.16. The van der Waals surface area contributed by atoms with Crippen molar-refractivity contribution >= 4 is 22.1 Å². The Hall–Kier alpha value is -2.74. The van der Waals surface area contributed by atoms with Crippen LogP contribution in [0.25, 0.3) is 10.8 Å². The first-order valence-electron chi connectivity index (χ1n) is 8.22. The molecule has 0 bridgehead atoms. The topological polar surface area (TPSA) is 6.48 Å². The van der Waals surface area contributed by atoms with Crippen LogP contribution in [0.2, 0.25) is 0 Å². The summed E-state index contributed by atoms with van der Waals surface area (Å²) in [6.07, 6.45) is 4.15. The molecule has 0 unspecified atom stereocenters. The summed E-state index contributed by atoms with van der Waals surface area (Å²) in [5.74, 6) is 0. The number of nitrogens with zero attached hydrogens (tertiary/aromatic N) is 2. The minimum atomic E-state index is 1.15. The second kappa shape index (κ2) is 5.72. The number of aryl methyl sites for hydroxylation is 3. The van der Waals surface area contributed by atoms with Gasteiger partial charge in [-0.3, -0.25) is 0 Å². The summed E-state index contributed by atoms with van der Waals surface area (Å²) in [7, 11) is 0. The molecule has 3 aromatic rings. The highest BCUT2D eigenvalue weighted by Crippen LogP contribution is 2.35. The van der Waals surface area contributed by atoms with Gasteiger partial charge in [0.15, 0.2) is 0 Å². The number of rotatable bonds is 2. The van der Waals surface area contributed by atoms with E-state index in [9.17, 15) is 0 Å². The van der Waals surface area contributed by atoms with Crippen LogP contribution < -0.4 is 9.80 Å². The summed E-state index contributed by atoms with van der Waals surface area (Å²) in [5, 5.41) is 2.47. The zero-order chi connectivity index (χ0) is 16.7. The molecule has 1 aliphatic rings. The molecule has 2 nitrogen and oxygen atoms in total. The lowest BCUT2D eigenvalue weighted by Crippen LogP contribution is -2.19. The summed E-state index contributed by atoms with van der Waals surface area (Å²) < 4.78 is 0. The predicted molar refractivity (Wildman–Crippen MR) is 102 cm³/mol. The van der Waals surface area contributed by atoms with Gasteiger partial charge >= 0.3 is 0 Å². The Labute approximate surface area is 143 Å². The highest BCUT2D eigenvalue weighted by Gasteiger charge is 2.21. The molecule has 118 valence electrons. The van der Waals surface area contributed by atoms with E-state index < -0.39 is 0 Å². The van der Waals surface area contributed by atoms with Crippen molar-refractivity contribution in [1.82, 2.24) is 0 Å². The first-order valence-corrected chi connectivity index (χ1v) is 8.22. The van der Waals surface area contributed by atoms with E-state index in [0.717, 1.165) is 5.69 Å². The van der Waals surface area contributed by atoms with Crippen molar-refractivity contribution < 1.29 is 0 Å². The van der Waals surface area contributed by atoms with E-state index in [4.69, 9.17) is 0 Å². The van der Waals surface area contributed by atoms with Crippen LogP contribution in [0.15, 0.2) is 67.0 Å². The van der Waals surface area contributed by atoms with Crippen LogP contribution in [-0.2, 0) is 0 Å². The molecule has 1 heterocycles. The van der Waals surface area contributed by atoms with Gasteiger partial charge in [0, 0.05) is 23.5 Å². The minimum Gasteiger partial charge on any atom is -0.315 e. The van der Waals surface area contributed by atoms with Crippen LogP contribution in [0.4, 0.5) is 11.4 Å². The van der Waals surface area contributed by atoms with E-state index in [0.29, 0.717) is 0 Å². The van der Waals surface area contributed by atoms with Crippen molar-refractivity contribution in [2.45, 2.75) is 20.8 Å². The van der Waals surface area contributed by atoms with Gasteiger partial charge in [0.05, 0.1) is 5.69 Å². The average Bonchev–Trinajstić information content (AvgIpc) is 3.02. The monoisotopic (exact) mass is 312 g/mol. The number of hydrogen-bond acceptors (Lipinski definition) is 2. The Morgan fingerprint density at radius 2 is 1.42 bits per heavy atom. The third kappa shape index (κ3) is 2.44. The van der Waals surface area contributed by atoms with E-state index in [-0.39, 0.29) is 0 Å². The maximum absolute atomic E-state index is 3.47. The number of anilines is 2. The van der Waals surface area contributed by atoms with Crippen LogP contribution in [-0.4, -0.2) is 0 Å². The summed E-state index contributed by atoms with van der Waals surface area (Å²) in [6.45, 7) is 9.93. The van der Waals surface area contributed by atoms with Gasteiger partial charge in [-0.25, -0.2) is 0 Å². The zero-order valence-corrected chi connectivity index (χ0v) is 14.2. The molecule has 0 aromatic heterocycles. The number of benzene rings is 3. The van der Waals surface area contributed by atoms with E-state index in [2.05, 4.69) is 104 Å². The number of fused-ring (bicyclic) bond motifs is 1. The lowest BCUT2D eigenvalue weighted by molar-refractivity contribution is 1.09. The van der Waals surface area contributed by atoms with Crippen molar-refractivity contribution in [2.24, 2.45) is 0 Å². The quantitative estimate of drug-likeness (QED) is 0.611. The molecule has 0 aliphatic carbocycles. The Morgan fingerprint density at radius 3 is 2.21 bits per heavy atom. The molecular weight excluding hydrogens is 292 g/mol. The second-order valence-corrected chi connectivity index (χ2v) is 6.38. The lowest BCUT2D eigenvalue weighted by Gasteiger charge is -2.23. The maximum atomic E-state index is 3.47. The number of hydrogen-bond donors (Lipinski definition) is 0. The smallest absolute Gasteiger partial charge is 0.217 e. The van der Waals surface area contributed by atoms with E-state index >= 15 is 0 Å². The molecule has 3 aromatic carbocycles. The lowest BCUT2D eigenvalue weighted by atomic mass is 10.0. The minimum absolute atomic E-state index is 1.15. The third-order valence-electron chi connectivity index (χ3n) is 4.48. The van der Waals surface area contributed by atoms with E-state index in [1.165, 1.54) is 33.2 Å². The molecule has 0 saturated heterocycles. The highest BCUT2D eigenvalue weighted by atomic mass is 15.3. The van der Waals surface area contributed by atoms with Crippen molar-refractivity contribution in [3.8, 4) is 0 Å². The zero-order valence-electron chi connectivity index (χ0n) is 14.2. The summed E-state index contributed by atoms with van der Waals surface area (Å²) in [6, 6.07) is 19.3. The predicted octanol–water partition coefficient (Wildman–Crippen LogP) is 5.56. The Balaban J connectivity index is 1.70. The Morgan fingerprint density at radius 1 is 0.750 bits per heavy atom. The van der Waals surface area contributed by atoms with Crippen LogP contribution in [0.5, 0.6) is 0 Å². The van der Waals surface area contributed by atoms with Gasteiger partial charge in [0.25, 0.3) is 0 Å². The molecule has 0 N–H and O–H groups in total. The van der Waals surface area contributed by atoms with Gasteiger partial charge < -0.3 is 9.80 Å². The molecule has 0 saturated carbocycles. The normalized spacial score (nSPS) is 14.0.